The summed E-state index contributed by atoms with van der Waals surface area (Å²) in [6, 6.07) is 1.19. The average Bonchev–Trinajstić information content (AvgIpc) is 2.86. The van der Waals surface area contributed by atoms with Crippen LogP contribution in [0.4, 0.5) is 39.5 Å². The smallest absolute Gasteiger partial charge is 0.278 e. The van der Waals surface area contributed by atoms with E-state index in [-0.39, 0.29) is 5.56 Å². The van der Waals surface area contributed by atoms with Gasteiger partial charge in [0.15, 0.2) is 0 Å². The standard InChI is InChI=1S/C11H3F9OS/c12-8(13,7(21)2-1-6-3-4-22-5-6)9(14,15)10(16,17)11(18,19)20/h3-5H. The molecule has 0 spiro atoms. The van der Waals surface area contributed by atoms with Gasteiger partial charge in [-0.15, -0.1) is 0 Å². The molecule has 0 aliphatic carbocycles. The van der Waals surface area contributed by atoms with E-state index in [1.165, 1.54) is 16.8 Å². The van der Waals surface area contributed by atoms with Gasteiger partial charge in [0.25, 0.3) is 5.78 Å². The van der Waals surface area contributed by atoms with Crippen LogP contribution in [0, 0.1) is 11.8 Å². The molecule has 0 aliphatic rings. The Kier molecular flexibility index (Phi) is 4.58. The fourth-order valence-corrected chi connectivity index (χ4v) is 1.65. The van der Waals surface area contributed by atoms with Crippen molar-refractivity contribution < 1.29 is 44.3 Å². The van der Waals surface area contributed by atoms with Crippen LogP contribution in [-0.4, -0.2) is 29.7 Å². The van der Waals surface area contributed by atoms with Crippen LogP contribution in [-0.2, 0) is 4.79 Å². The van der Waals surface area contributed by atoms with Gasteiger partial charge in [-0.3, -0.25) is 4.79 Å². The highest BCUT2D eigenvalue weighted by atomic mass is 32.1. The molecule has 0 atom stereocenters. The molecule has 0 bridgehead atoms. The molecule has 0 saturated carbocycles. The zero-order chi connectivity index (χ0) is 17.4. The molecule has 0 fully saturated rings. The van der Waals surface area contributed by atoms with E-state index >= 15 is 0 Å². The van der Waals surface area contributed by atoms with Gasteiger partial charge in [-0.2, -0.15) is 50.9 Å². The van der Waals surface area contributed by atoms with Gasteiger partial charge in [-0.25, -0.2) is 0 Å². The first-order valence-corrected chi connectivity index (χ1v) is 5.98. The number of halogens is 9. The minimum Gasteiger partial charge on any atom is -0.278 e. The number of carbonyl (C=O) groups is 1. The highest BCUT2D eigenvalue weighted by molar-refractivity contribution is 7.08. The topological polar surface area (TPSA) is 17.1 Å². The molecule has 1 rings (SSSR count). The molecule has 11 heteroatoms. The van der Waals surface area contributed by atoms with Gasteiger partial charge >= 0.3 is 23.9 Å². The molecule has 0 aliphatic heterocycles. The minimum atomic E-state index is -7.11. The summed E-state index contributed by atoms with van der Waals surface area (Å²) in [6.07, 6.45) is -6.97. The summed E-state index contributed by atoms with van der Waals surface area (Å²) < 4.78 is 112. The highest BCUT2D eigenvalue weighted by Gasteiger charge is 2.83. The van der Waals surface area contributed by atoms with Gasteiger partial charge in [-0.1, -0.05) is 5.92 Å². The number of carbonyl (C=O) groups excluding carboxylic acids is 1. The van der Waals surface area contributed by atoms with Crippen molar-refractivity contribution in [2.45, 2.75) is 23.9 Å². The molecule has 0 radical (unpaired) electrons. The van der Waals surface area contributed by atoms with Gasteiger partial charge in [0.1, 0.15) is 0 Å². The number of Topliss-reactive ketones (excluding diaryl/α,β-unsaturated/α-hetero) is 1. The second kappa shape index (κ2) is 5.49. The van der Waals surface area contributed by atoms with Gasteiger partial charge in [0.05, 0.1) is 0 Å². The maximum absolute atomic E-state index is 13.1. The first-order valence-electron chi connectivity index (χ1n) is 5.04. The molecule has 122 valence electrons. The van der Waals surface area contributed by atoms with Crippen LogP contribution in [0.5, 0.6) is 0 Å². The minimum absolute atomic E-state index is 0.0694. The van der Waals surface area contributed by atoms with Crippen LogP contribution in [0.3, 0.4) is 0 Å². The first kappa shape index (κ1) is 18.3. The van der Waals surface area contributed by atoms with E-state index in [1.807, 2.05) is 0 Å². The number of alkyl halides is 9. The Morgan fingerprint density at radius 2 is 1.50 bits per heavy atom. The lowest BCUT2D eigenvalue weighted by atomic mass is 10.0. The molecule has 22 heavy (non-hydrogen) atoms. The van der Waals surface area contributed by atoms with Crippen molar-refractivity contribution in [3.63, 3.8) is 0 Å². The fraction of sp³-hybridized carbons (Fsp3) is 0.364. The molecule has 1 nitrogen and oxygen atoms in total. The van der Waals surface area contributed by atoms with Crippen molar-refractivity contribution in [2.75, 3.05) is 0 Å². The Hall–Kier alpha value is -1.70. The van der Waals surface area contributed by atoms with Crippen molar-refractivity contribution in [2.24, 2.45) is 0 Å². The van der Waals surface area contributed by atoms with Gasteiger partial charge < -0.3 is 0 Å². The summed E-state index contributed by atoms with van der Waals surface area (Å²) in [4.78, 5) is 10.9. The van der Waals surface area contributed by atoms with E-state index in [9.17, 15) is 44.3 Å². The average molecular weight is 354 g/mol. The van der Waals surface area contributed by atoms with Crippen LogP contribution in [0.1, 0.15) is 5.56 Å². The van der Waals surface area contributed by atoms with Crippen LogP contribution in [0.2, 0.25) is 0 Å². The maximum atomic E-state index is 13.1. The Labute approximate surface area is 120 Å². The second-order valence-electron chi connectivity index (χ2n) is 3.81. The Morgan fingerprint density at radius 3 is 1.91 bits per heavy atom. The molecule has 1 aromatic rings. The molecule has 0 aromatic carbocycles. The number of rotatable bonds is 3. The fourth-order valence-electron chi connectivity index (χ4n) is 1.06. The van der Waals surface area contributed by atoms with Crippen molar-refractivity contribution in [3.8, 4) is 11.8 Å². The van der Waals surface area contributed by atoms with E-state index in [4.69, 9.17) is 0 Å². The molecule has 1 aromatic heterocycles. The van der Waals surface area contributed by atoms with Crippen molar-refractivity contribution >= 4 is 17.1 Å². The Balaban J connectivity index is 3.18. The number of thiophene rings is 1. The molecule has 0 N–H and O–H groups in total. The van der Waals surface area contributed by atoms with E-state index in [0.717, 1.165) is 17.3 Å². The largest absolute Gasteiger partial charge is 0.460 e. The predicted octanol–water partition coefficient (Wildman–Crippen LogP) is 4.14. The molecule has 0 amide bonds. The molecule has 0 saturated heterocycles. The second-order valence-corrected chi connectivity index (χ2v) is 4.59. The Morgan fingerprint density at radius 1 is 0.955 bits per heavy atom. The van der Waals surface area contributed by atoms with Crippen LogP contribution >= 0.6 is 11.3 Å². The summed E-state index contributed by atoms with van der Waals surface area (Å²) in [6.45, 7) is 0. The van der Waals surface area contributed by atoms with Crippen LogP contribution in [0.25, 0.3) is 0 Å². The summed E-state index contributed by atoms with van der Waals surface area (Å²) in [5.41, 5.74) is -0.0694. The number of ketones is 1. The van der Waals surface area contributed by atoms with E-state index in [0.29, 0.717) is 0 Å². The van der Waals surface area contributed by atoms with Crippen LogP contribution < -0.4 is 0 Å². The highest BCUT2D eigenvalue weighted by Crippen LogP contribution is 2.53. The zero-order valence-electron chi connectivity index (χ0n) is 9.95. The summed E-state index contributed by atoms with van der Waals surface area (Å²) >= 11 is 0.994. The van der Waals surface area contributed by atoms with E-state index in [1.54, 1.807) is 5.92 Å². The van der Waals surface area contributed by atoms with Gasteiger partial charge in [0, 0.05) is 10.9 Å². The summed E-state index contributed by atoms with van der Waals surface area (Å²) in [7, 11) is 0. The van der Waals surface area contributed by atoms with E-state index < -0.39 is 29.7 Å². The Bertz CT molecular complexity index is 604. The lowest BCUT2D eigenvalue weighted by Gasteiger charge is -2.31. The summed E-state index contributed by atoms with van der Waals surface area (Å²) in [5.74, 6) is -20.9. The summed E-state index contributed by atoms with van der Waals surface area (Å²) in [5, 5.41) is 2.58. The van der Waals surface area contributed by atoms with Gasteiger partial charge in [0.2, 0.25) is 0 Å². The van der Waals surface area contributed by atoms with Crippen molar-refractivity contribution in [1.29, 1.82) is 0 Å². The predicted molar refractivity (Wildman–Crippen MR) is 57.1 cm³/mol. The van der Waals surface area contributed by atoms with Crippen molar-refractivity contribution in [3.05, 3.63) is 22.4 Å². The third-order valence-electron chi connectivity index (χ3n) is 2.27. The maximum Gasteiger partial charge on any atom is 0.460 e. The third-order valence-corrected chi connectivity index (χ3v) is 2.95. The normalized spacial score (nSPS) is 13.5. The van der Waals surface area contributed by atoms with Crippen molar-refractivity contribution in [1.82, 2.24) is 0 Å². The number of hydrogen-bond acceptors (Lipinski definition) is 2. The third kappa shape index (κ3) is 2.92. The first-order chi connectivity index (χ1) is 9.75. The number of hydrogen-bond donors (Lipinski definition) is 0. The van der Waals surface area contributed by atoms with E-state index in [2.05, 4.69) is 0 Å². The van der Waals surface area contributed by atoms with Crippen LogP contribution in [0.15, 0.2) is 16.8 Å². The lowest BCUT2D eigenvalue weighted by molar-refractivity contribution is -0.387. The lowest BCUT2D eigenvalue weighted by Crippen LogP contribution is -2.63. The zero-order valence-corrected chi connectivity index (χ0v) is 10.8. The molecule has 1 heterocycles. The molecule has 0 unspecified atom stereocenters. The molecular weight excluding hydrogens is 351 g/mol. The quantitative estimate of drug-likeness (QED) is 0.589. The molecular formula is C11H3F9OS. The SMILES string of the molecule is O=C(C#Cc1ccsc1)C(F)(F)C(F)(F)C(F)(F)C(F)(F)F. The monoisotopic (exact) mass is 354 g/mol. The van der Waals surface area contributed by atoms with Gasteiger partial charge in [-0.05, 0) is 17.4 Å².